The predicted molar refractivity (Wildman–Crippen MR) is 104 cm³/mol. The van der Waals surface area contributed by atoms with Crippen molar-refractivity contribution in [1.29, 1.82) is 0 Å². The minimum Gasteiger partial charge on any atom is -0.455 e. The van der Waals surface area contributed by atoms with Gasteiger partial charge in [0.25, 0.3) is 5.91 Å². The molecule has 0 fully saturated rings. The summed E-state index contributed by atoms with van der Waals surface area (Å²) in [5, 5.41) is 7.16. The van der Waals surface area contributed by atoms with Crippen molar-refractivity contribution >= 4 is 11.6 Å². The van der Waals surface area contributed by atoms with E-state index in [9.17, 15) is 4.79 Å². The molecule has 1 aromatic heterocycles. The molecule has 0 spiro atoms. The largest absolute Gasteiger partial charge is 0.455 e. The number of carbonyl (C=O) groups excluding carboxylic acids is 1. The smallest absolute Gasteiger partial charge is 0.258 e. The van der Waals surface area contributed by atoms with Crippen LogP contribution in [0.3, 0.4) is 0 Å². The number of hydrogen-bond donors (Lipinski definition) is 1. The van der Waals surface area contributed by atoms with E-state index in [2.05, 4.69) is 10.4 Å². The van der Waals surface area contributed by atoms with Gasteiger partial charge in [0, 0.05) is 6.20 Å². The molecule has 1 N–H and O–H groups in total. The van der Waals surface area contributed by atoms with Gasteiger partial charge in [0.1, 0.15) is 5.75 Å². The maximum absolute atomic E-state index is 12.6. The zero-order chi connectivity index (χ0) is 18.5. The summed E-state index contributed by atoms with van der Waals surface area (Å²) in [5.41, 5.74) is 1.96. The number of rotatable bonds is 5. The lowest BCUT2D eigenvalue weighted by Crippen LogP contribution is -2.11. The molecule has 0 aliphatic heterocycles. The Labute approximate surface area is 156 Å². The fourth-order valence-corrected chi connectivity index (χ4v) is 2.63. The Morgan fingerprint density at radius 2 is 1.52 bits per heavy atom. The molecule has 27 heavy (non-hydrogen) atoms. The van der Waals surface area contributed by atoms with Gasteiger partial charge in [-0.05, 0) is 36.4 Å². The molecule has 0 unspecified atom stereocenters. The fraction of sp³-hybridized carbons (Fsp3) is 0. The van der Waals surface area contributed by atoms with E-state index >= 15 is 0 Å². The number of ether oxygens (including phenoxy) is 1. The Kier molecular flexibility index (Phi) is 4.66. The minimum atomic E-state index is -0.249. The summed E-state index contributed by atoms with van der Waals surface area (Å²) in [4.78, 5) is 12.6. The SMILES string of the molecule is O=C(Nc1ccccc1Oc1ccccc1)c1cnn(-c2ccccc2)c1. The number of para-hydroxylation sites is 4. The lowest BCUT2D eigenvalue weighted by molar-refractivity contribution is 0.102. The molecule has 0 aliphatic carbocycles. The molecule has 0 bridgehead atoms. The van der Waals surface area contributed by atoms with Crippen LogP contribution in [0.2, 0.25) is 0 Å². The minimum absolute atomic E-state index is 0.249. The second-order valence-electron chi connectivity index (χ2n) is 5.87. The number of carbonyl (C=O) groups is 1. The van der Waals surface area contributed by atoms with Crippen molar-refractivity contribution in [1.82, 2.24) is 9.78 Å². The quantitative estimate of drug-likeness (QED) is 0.553. The first-order valence-electron chi connectivity index (χ1n) is 8.53. The zero-order valence-electron chi connectivity index (χ0n) is 14.4. The van der Waals surface area contributed by atoms with Crippen LogP contribution in [0, 0.1) is 0 Å². The highest BCUT2D eigenvalue weighted by Gasteiger charge is 2.13. The normalized spacial score (nSPS) is 10.4. The number of hydrogen-bond acceptors (Lipinski definition) is 3. The molecule has 5 nitrogen and oxygen atoms in total. The van der Waals surface area contributed by atoms with Crippen molar-refractivity contribution in [2.45, 2.75) is 0 Å². The van der Waals surface area contributed by atoms with Crippen LogP contribution in [-0.2, 0) is 0 Å². The highest BCUT2D eigenvalue weighted by Crippen LogP contribution is 2.29. The Bertz CT molecular complexity index is 1040. The number of anilines is 1. The summed E-state index contributed by atoms with van der Waals surface area (Å²) in [6, 6.07) is 26.4. The van der Waals surface area contributed by atoms with E-state index in [-0.39, 0.29) is 5.91 Å². The van der Waals surface area contributed by atoms with E-state index in [1.54, 1.807) is 23.1 Å². The van der Waals surface area contributed by atoms with Crippen LogP contribution in [0.1, 0.15) is 10.4 Å². The third-order valence-electron chi connectivity index (χ3n) is 3.97. The molecule has 0 saturated carbocycles. The van der Waals surface area contributed by atoms with E-state index < -0.39 is 0 Å². The second-order valence-corrected chi connectivity index (χ2v) is 5.87. The summed E-state index contributed by atoms with van der Waals surface area (Å²) in [6.07, 6.45) is 3.24. The molecule has 0 aliphatic rings. The Morgan fingerprint density at radius 1 is 0.852 bits per heavy atom. The molecule has 0 radical (unpaired) electrons. The Hall–Kier alpha value is -3.86. The standard InChI is InChI=1S/C22H17N3O2/c26-22(17-15-23-25(16-17)18-9-3-1-4-10-18)24-20-13-7-8-14-21(20)27-19-11-5-2-6-12-19/h1-16H,(H,24,26). The fourth-order valence-electron chi connectivity index (χ4n) is 2.63. The number of benzene rings is 3. The van der Waals surface area contributed by atoms with Crippen LogP contribution in [0.5, 0.6) is 11.5 Å². The van der Waals surface area contributed by atoms with Gasteiger partial charge in [-0.1, -0.05) is 48.5 Å². The van der Waals surface area contributed by atoms with Gasteiger partial charge in [-0.15, -0.1) is 0 Å². The Balaban J connectivity index is 1.53. The van der Waals surface area contributed by atoms with Gasteiger partial charge in [-0.2, -0.15) is 5.10 Å². The Morgan fingerprint density at radius 3 is 2.30 bits per heavy atom. The van der Waals surface area contributed by atoms with Crippen molar-refractivity contribution in [2.24, 2.45) is 0 Å². The lowest BCUT2D eigenvalue weighted by atomic mass is 10.2. The molecule has 0 saturated heterocycles. The molecule has 132 valence electrons. The van der Waals surface area contributed by atoms with Gasteiger partial charge in [-0.25, -0.2) is 4.68 Å². The molecule has 4 aromatic rings. The van der Waals surface area contributed by atoms with Crippen LogP contribution in [-0.4, -0.2) is 15.7 Å². The average molecular weight is 355 g/mol. The van der Waals surface area contributed by atoms with Crippen molar-refractivity contribution in [3.05, 3.63) is 103 Å². The van der Waals surface area contributed by atoms with E-state index in [0.29, 0.717) is 22.7 Å². The maximum atomic E-state index is 12.6. The summed E-state index contributed by atoms with van der Waals surface area (Å²) >= 11 is 0. The number of aromatic nitrogens is 2. The van der Waals surface area contributed by atoms with Crippen LogP contribution in [0.15, 0.2) is 97.3 Å². The van der Waals surface area contributed by atoms with E-state index in [0.717, 1.165) is 5.69 Å². The highest BCUT2D eigenvalue weighted by molar-refractivity contribution is 6.04. The van der Waals surface area contributed by atoms with Crippen molar-refractivity contribution in [3.8, 4) is 17.2 Å². The van der Waals surface area contributed by atoms with Crippen molar-refractivity contribution in [2.75, 3.05) is 5.32 Å². The summed E-state index contributed by atoms with van der Waals surface area (Å²) in [6.45, 7) is 0. The first kappa shape index (κ1) is 16.6. The first-order chi connectivity index (χ1) is 13.3. The maximum Gasteiger partial charge on any atom is 0.258 e. The molecule has 4 rings (SSSR count). The van der Waals surface area contributed by atoms with Crippen LogP contribution >= 0.6 is 0 Å². The third-order valence-corrected chi connectivity index (χ3v) is 3.97. The lowest BCUT2D eigenvalue weighted by Gasteiger charge is -2.11. The average Bonchev–Trinajstić information content (AvgIpc) is 3.21. The zero-order valence-corrected chi connectivity index (χ0v) is 14.4. The molecule has 0 atom stereocenters. The van der Waals surface area contributed by atoms with E-state index in [1.165, 1.54) is 0 Å². The summed E-state index contributed by atoms with van der Waals surface area (Å²) in [7, 11) is 0. The predicted octanol–water partition coefficient (Wildman–Crippen LogP) is 4.92. The van der Waals surface area contributed by atoms with Gasteiger partial charge in [0.15, 0.2) is 5.75 Å². The van der Waals surface area contributed by atoms with Crippen molar-refractivity contribution in [3.63, 3.8) is 0 Å². The number of nitrogens with one attached hydrogen (secondary N) is 1. The first-order valence-corrected chi connectivity index (χ1v) is 8.53. The summed E-state index contributed by atoms with van der Waals surface area (Å²) < 4.78 is 7.55. The summed E-state index contributed by atoms with van der Waals surface area (Å²) in [5.74, 6) is 1.03. The third kappa shape index (κ3) is 3.88. The van der Waals surface area contributed by atoms with E-state index in [4.69, 9.17) is 4.74 Å². The molecule has 1 amide bonds. The van der Waals surface area contributed by atoms with Gasteiger partial charge >= 0.3 is 0 Å². The molecule has 3 aromatic carbocycles. The topological polar surface area (TPSA) is 56.1 Å². The number of nitrogens with zero attached hydrogens (tertiary/aromatic N) is 2. The van der Waals surface area contributed by atoms with E-state index in [1.807, 2.05) is 78.9 Å². The van der Waals surface area contributed by atoms with Crippen molar-refractivity contribution < 1.29 is 9.53 Å². The molecule has 1 heterocycles. The molecule has 5 heteroatoms. The second kappa shape index (κ2) is 7.58. The van der Waals surface area contributed by atoms with Gasteiger partial charge in [0.05, 0.1) is 23.1 Å². The molecular formula is C22H17N3O2. The van der Waals surface area contributed by atoms with Crippen LogP contribution in [0.4, 0.5) is 5.69 Å². The van der Waals surface area contributed by atoms with Crippen LogP contribution < -0.4 is 10.1 Å². The van der Waals surface area contributed by atoms with Gasteiger partial charge < -0.3 is 10.1 Å². The van der Waals surface area contributed by atoms with Gasteiger partial charge in [0.2, 0.25) is 0 Å². The number of amides is 1. The molecular weight excluding hydrogens is 338 g/mol. The highest BCUT2D eigenvalue weighted by atomic mass is 16.5. The monoisotopic (exact) mass is 355 g/mol. The van der Waals surface area contributed by atoms with Gasteiger partial charge in [-0.3, -0.25) is 4.79 Å². The van der Waals surface area contributed by atoms with Crippen LogP contribution in [0.25, 0.3) is 5.69 Å².